The van der Waals surface area contributed by atoms with Crippen LogP contribution in [0.15, 0.2) is 106 Å². The van der Waals surface area contributed by atoms with Gasteiger partial charge in [0.2, 0.25) is 5.78 Å². The summed E-state index contributed by atoms with van der Waals surface area (Å²) in [7, 11) is 4.70. The Balaban J connectivity index is 0.000000161. The number of phenolic OH excluding ortho intramolecular Hbond substituents is 1. The van der Waals surface area contributed by atoms with Gasteiger partial charge in [0.15, 0.2) is 0 Å². The SMILES string of the molecule is COC(=O)/C=C/c1ccc(C(OC)=C2C3CC4CC(C3)CC2C4)c(Cl)c1O.COC(C1=C(Cl)C(=O)C(=CC=C2C=CN(O)C=C2)C=C1)=C1C2CC3CC(C2)CC1C3. The van der Waals surface area contributed by atoms with Crippen molar-refractivity contribution in [3.63, 3.8) is 0 Å². The van der Waals surface area contributed by atoms with Gasteiger partial charge in [-0.25, -0.2) is 9.86 Å². The fourth-order valence-electron chi connectivity index (χ4n) is 11.6. The number of hydrogen-bond donors (Lipinski definition) is 2. The third-order valence-electron chi connectivity index (χ3n) is 13.6. The van der Waals surface area contributed by atoms with Gasteiger partial charge >= 0.3 is 5.97 Å². The third kappa shape index (κ3) is 7.85. The van der Waals surface area contributed by atoms with Crippen molar-refractivity contribution in [1.29, 1.82) is 0 Å². The number of Topliss-reactive ketones (excluding diaryl/α,β-unsaturated/α-hetero) is 1. The summed E-state index contributed by atoms with van der Waals surface area (Å²) >= 11 is 13.1. The number of carbonyl (C=O) groups is 2. The number of ketones is 1. The van der Waals surface area contributed by atoms with E-state index in [2.05, 4.69) is 4.74 Å². The summed E-state index contributed by atoms with van der Waals surface area (Å²) in [5, 5.41) is 21.3. The lowest BCUT2D eigenvalue weighted by molar-refractivity contribution is -0.134. The van der Waals surface area contributed by atoms with Crippen LogP contribution in [0.5, 0.6) is 5.75 Å². The van der Waals surface area contributed by atoms with Gasteiger partial charge in [-0.3, -0.25) is 10.0 Å². The van der Waals surface area contributed by atoms with E-state index in [1.165, 1.54) is 107 Å². The fraction of sp³-hybridized carbons (Fsp3) is 0.447. The number of ether oxygens (including phenoxy) is 3. The Morgan fingerprint density at radius 3 is 1.75 bits per heavy atom. The molecule has 8 fully saturated rings. The van der Waals surface area contributed by atoms with E-state index in [-0.39, 0.29) is 21.6 Å². The zero-order valence-electron chi connectivity index (χ0n) is 32.8. The lowest BCUT2D eigenvalue weighted by atomic mass is 9.54. The molecule has 8 bridgehead atoms. The van der Waals surface area contributed by atoms with E-state index in [1.54, 1.807) is 38.5 Å². The van der Waals surface area contributed by atoms with Crippen LogP contribution in [0, 0.1) is 47.3 Å². The van der Waals surface area contributed by atoms with Crippen molar-refractivity contribution >= 4 is 46.8 Å². The van der Waals surface area contributed by atoms with Crippen molar-refractivity contribution in [3.05, 3.63) is 122 Å². The molecule has 0 aromatic heterocycles. The van der Waals surface area contributed by atoms with E-state index in [0.717, 1.165) is 57.0 Å². The molecule has 10 aliphatic rings. The Bertz CT molecular complexity index is 2040. The largest absolute Gasteiger partial charge is 0.506 e. The molecule has 0 spiro atoms. The summed E-state index contributed by atoms with van der Waals surface area (Å²) in [6, 6.07) is 3.63. The van der Waals surface area contributed by atoms with E-state index in [1.807, 2.05) is 24.3 Å². The van der Waals surface area contributed by atoms with Gasteiger partial charge in [0, 0.05) is 40.7 Å². The van der Waals surface area contributed by atoms with Crippen LogP contribution in [0.4, 0.5) is 0 Å². The van der Waals surface area contributed by atoms with Crippen molar-refractivity contribution in [3.8, 4) is 5.75 Å². The third-order valence-corrected chi connectivity index (χ3v) is 14.4. The molecular formula is C47H51Cl2NO7. The zero-order valence-corrected chi connectivity index (χ0v) is 34.3. The first kappa shape index (κ1) is 39.6. The molecule has 8 nitrogen and oxygen atoms in total. The highest BCUT2D eigenvalue weighted by atomic mass is 35.5. The van der Waals surface area contributed by atoms with Gasteiger partial charge in [-0.2, -0.15) is 0 Å². The number of aromatic hydroxyl groups is 1. The topological polar surface area (TPSA) is 106 Å². The molecule has 57 heavy (non-hydrogen) atoms. The van der Waals surface area contributed by atoms with Crippen LogP contribution in [0.2, 0.25) is 5.02 Å². The highest BCUT2D eigenvalue weighted by Crippen LogP contribution is 2.59. The molecule has 11 rings (SSSR count). The molecule has 0 radical (unpaired) electrons. The summed E-state index contributed by atoms with van der Waals surface area (Å²) < 4.78 is 16.3. The highest BCUT2D eigenvalue weighted by Gasteiger charge is 2.48. The van der Waals surface area contributed by atoms with Crippen LogP contribution in [0.3, 0.4) is 0 Å². The normalized spacial score (nSPS) is 31.1. The van der Waals surface area contributed by atoms with Crippen molar-refractivity contribution in [2.45, 2.75) is 64.2 Å². The first-order chi connectivity index (χ1) is 27.5. The van der Waals surface area contributed by atoms with Crippen LogP contribution >= 0.6 is 23.2 Å². The number of esters is 1. The Morgan fingerprint density at radius 2 is 1.25 bits per heavy atom. The number of carbonyl (C=O) groups excluding carboxylic acids is 2. The molecule has 2 N–H and O–H groups in total. The van der Waals surface area contributed by atoms with E-state index in [4.69, 9.17) is 32.7 Å². The molecular weight excluding hydrogens is 761 g/mol. The highest BCUT2D eigenvalue weighted by molar-refractivity contribution is 6.46. The maximum absolute atomic E-state index is 13.0. The van der Waals surface area contributed by atoms with Crippen LogP contribution < -0.4 is 0 Å². The number of allylic oxidation sites excluding steroid dienone is 11. The Kier molecular flexibility index (Phi) is 11.5. The predicted octanol–water partition coefficient (Wildman–Crippen LogP) is 10.6. The zero-order chi connectivity index (χ0) is 40.0. The number of benzene rings is 1. The van der Waals surface area contributed by atoms with Crippen LogP contribution in [0.25, 0.3) is 11.8 Å². The minimum Gasteiger partial charge on any atom is -0.506 e. The molecule has 300 valence electrons. The maximum Gasteiger partial charge on any atom is 0.330 e. The van der Waals surface area contributed by atoms with E-state index < -0.39 is 5.97 Å². The predicted molar refractivity (Wildman–Crippen MR) is 221 cm³/mol. The molecule has 0 atom stereocenters. The molecule has 8 saturated carbocycles. The Hall–Kier alpha value is -4.24. The van der Waals surface area contributed by atoms with Crippen molar-refractivity contribution in [2.24, 2.45) is 47.3 Å². The number of methoxy groups -OCH3 is 3. The van der Waals surface area contributed by atoms with Gasteiger partial charge < -0.3 is 19.3 Å². The average molecular weight is 813 g/mol. The molecule has 10 heteroatoms. The van der Waals surface area contributed by atoms with Crippen molar-refractivity contribution in [2.75, 3.05) is 21.3 Å². The molecule has 0 saturated heterocycles. The molecule has 0 unspecified atom stereocenters. The minimum absolute atomic E-state index is 0.0479. The number of halogens is 2. The number of rotatable bonds is 7. The number of hydrogen-bond acceptors (Lipinski definition) is 8. The molecule has 1 aromatic rings. The monoisotopic (exact) mass is 811 g/mol. The second kappa shape index (κ2) is 16.6. The summed E-state index contributed by atoms with van der Waals surface area (Å²) in [6.45, 7) is 0. The minimum atomic E-state index is -0.483. The van der Waals surface area contributed by atoms with Crippen LogP contribution in [-0.4, -0.2) is 48.5 Å². The Labute approximate surface area is 345 Å². The second-order valence-electron chi connectivity index (χ2n) is 17.0. The van der Waals surface area contributed by atoms with Gasteiger partial charge in [0.25, 0.3) is 0 Å². The molecule has 9 aliphatic carbocycles. The lowest BCUT2D eigenvalue weighted by Crippen LogP contribution is -2.41. The van der Waals surface area contributed by atoms with Gasteiger partial charge in [0.05, 0.1) is 31.4 Å². The first-order valence-electron chi connectivity index (χ1n) is 20.3. The summed E-state index contributed by atoms with van der Waals surface area (Å²) in [5.41, 5.74) is 6.14. The molecule has 0 amide bonds. The van der Waals surface area contributed by atoms with Crippen molar-refractivity contribution < 1.29 is 34.1 Å². The van der Waals surface area contributed by atoms with Gasteiger partial charge in [-0.05, 0) is 159 Å². The van der Waals surface area contributed by atoms with E-state index in [0.29, 0.717) is 34.8 Å². The molecule has 1 heterocycles. The van der Waals surface area contributed by atoms with Gasteiger partial charge in [-0.15, -0.1) is 0 Å². The molecule has 1 aromatic carbocycles. The van der Waals surface area contributed by atoms with Gasteiger partial charge in [-0.1, -0.05) is 47.5 Å². The average Bonchev–Trinajstić information content (AvgIpc) is 3.19. The number of nitrogens with zero attached hydrogens (tertiary/aromatic N) is 1. The van der Waals surface area contributed by atoms with E-state index >= 15 is 0 Å². The first-order valence-corrected chi connectivity index (χ1v) is 21.0. The summed E-state index contributed by atoms with van der Waals surface area (Å²) in [5.74, 6) is 6.72. The number of phenols is 1. The standard InChI is InChI=1S/C25H26ClNO3.C22H25ClO4/c1-30-25(22-19-11-16-10-17(13-19)14-20(22)12-16)21-5-4-18(24(28)23(21)26)3-2-15-6-8-27(29)9-7-15;1-26-18(24)6-4-14-3-5-17(20(23)21(14)25)22(27-2)19-15-8-12-7-13(10-15)11-16(19)9-12/h2-9,16-17,19-20,29H,10-14H2,1H3;3-6,12-13,15-16,25H,7-11H2,1-2H3/b;6-4+,22-19?. The summed E-state index contributed by atoms with van der Waals surface area (Å²) in [4.78, 5) is 24.3. The smallest absolute Gasteiger partial charge is 0.330 e. The summed E-state index contributed by atoms with van der Waals surface area (Å²) in [6.07, 6.45) is 29.5. The fourth-order valence-corrected chi connectivity index (χ4v) is 12.1. The maximum atomic E-state index is 13.0. The van der Waals surface area contributed by atoms with Crippen LogP contribution in [0.1, 0.15) is 75.3 Å². The van der Waals surface area contributed by atoms with Crippen molar-refractivity contribution in [1.82, 2.24) is 5.06 Å². The molecule has 1 aliphatic heterocycles. The van der Waals surface area contributed by atoms with Gasteiger partial charge in [0.1, 0.15) is 17.3 Å². The Morgan fingerprint density at radius 1 is 0.719 bits per heavy atom. The lowest BCUT2D eigenvalue weighted by Gasteiger charge is -2.51. The van der Waals surface area contributed by atoms with Crippen LogP contribution in [-0.2, 0) is 23.8 Å². The number of hydroxylamine groups is 2. The second-order valence-corrected chi connectivity index (χ2v) is 17.8. The van der Waals surface area contributed by atoms with E-state index in [9.17, 15) is 19.9 Å². The quantitative estimate of drug-likeness (QED) is 0.159.